The summed E-state index contributed by atoms with van der Waals surface area (Å²) in [5.74, 6) is -0.0121. The lowest BCUT2D eigenvalue weighted by Crippen LogP contribution is -2.31. The molecule has 21 heavy (non-hydrogen) atoms. The molecular formula is C18H22N2O. The van der Waals surface area contributed by atoms with E-state index in [1.807, 2.05) is 43.0 Å². The predicted molar refractivity (Wildman–Crippen MR) is 87.2 cm³/mol. The van der Waals surface area contributed by atoms with Crippen LogP contribution in [0.1, 0.15) is 34.0 Å². The Morgan fingerprint density at radius 2 is 1.71 bits per heavy atom. The minimum absolute atomic E-state index is 0.0121. The fourth-order valence-electron chi connectivity index (χ4n) is 2.36. The number of nitrogen functional groups attached to an aromatic ring is 1. The van der Waals surface area contributed by atoms with Gasteiger partial charge >= 0.3 is 0 Å². The highest BCUT2D eigenvalue weighted by Gasteiger charge is 2.18. The van der Waals surface area contributed by atoms with Crippen LogP contribution in [0.5, 0.6) is 0 Å². The van der Waals surface area contributed by atoms with Crippen molar-refractivity contribution >= 4 is 11.6 Å². The minimum Gasteiger partial charge on any atom is -0.398 e. The van der Waals surface area contributed by atoms with Crippen LogP contribution < -0.4 is 5.73 Å². The molecule has 3 heteroatoms. The van der Waals surface area contributed by atoms with Crippen LogP contribution in [-0.4, -0.2) is 17.4 Å². The molecule has 0 spiro atoms. The molecule has 0 aliphatic rings. The number of hydrogen-bond donors (Lipinski definition) is 1. The first kappa shape index (κ1) is 15.1. The molecule has 0 aliphatic heterocycles. The number of carbonyl (C=O) groups is 1. The number of para-hydroxylation sites is 1. The Balaban J connectivity index is 2.27. The SMILES string of the molecule is CCN(Cc1ccccc1C)C(=O)c1cccc(C)c1N. The van der Waals surface area contributed by atoms with Gasteiger partial charge < -0.3 is 10.6 Å². The monoisotopic (exact) mass is 282 g/mol. The van der Waals surface area contributed by atoms with Gasteiger partial charge in [-0.15, -0.1) is 0 Å². The van der Waals surface area contributed by atoms with Gasteiger partial charge in [-0.25, -0.2) is 0 Å². The number of aryl methyl sites for hydroxylation is 2. The molecule has 0 saturated heterocycles. The Morgan fingerprint density at radius 1 is 1.05 bits per heavy atom. The zero-order chi connectivity index (χ0) is 15.4. The molecule has 0 aromatic heterocycles. The van der Waals surface area contributed by atoms with Gasteiger partial charge in [0.15, 0.2) is 0 Å². The van der Waals surface area contributed by atoms with Crippen LogP contribution in [0.2, 0.25) is 0 Å². The van der Waals surface area contributed by atoms with E-state index in [1.165, 1.54) is 11.1 Å². The Kier molecular flexibility index (Phi) is 4.63. The number of nitrogens with two attached hydrogens (primary N) is 1. The summed E-state index contributed by atoms with van der Waals surface area (Å²) in [7, 11) is 0. The molecule has 0 unspecified atom stereocenters. The quantitative estimate of drug-likeness (QED) is 0.872. The van der Waals surface area contributed by atoms with E-state index in [4.69, 9.17) is 5.73 Å². The van der Waals surface area contributed by atoms with E-state index >= 15 is 0 Å². The van der Waals surface area contributed by atoms with Gasteiger partial charge in [-0.3, -0.25) is 4.79 Å². The Bertz CT molecular complexity index is 649. The summed E-state index contributed by atoms with van der Waals surface area (Å²) in [6.07, 6.45) is 0. The molecule has 110 valence electrons. The third-order valence-corrected chi connectivity index (χ3v) is 3.85. The number of anilines is 1. The van der Waals surface area contributed by atoms with Crippen LogP contribution in [0.15, 0.2) is 42.5 Å². The van der Waals surface area contributed by atoms with Crippen LogP contribution in [0.4, 0.5) is 5.69 Å². The molecular weight excluding hydrogens is 260 g/mol. The van der Waals surface area contributed by atoms with Crippen molar-refractivity contribution in [3.8, 4) is 0 Å². The zero-order valence-corrected chi connectivity index (χ0v) is 12.9. The minimum atomic E-state index is -0.0121. The van der Waals surface area contributed by atoms with Gasteiger partial charge in [0.1, 0.15) is 0 Å². The Hall–Kier alpha value is -2.29. The number of nitrogens with zero attached hydrogens (tertiary/aromatic N) is 1. The molecule has 0 atom stereocenters. The zero-order valence-electron chi connectivity index (χ0n) is 12.9. The van der Waals surface area contributed by atoms with Gasteiger partial charge in [-0.1, -0.05) is 36.4 Å². The molecule has 0 bridgehead atoms. The van der Waals surface area contributed by atoms with Gasteiger partial charge in [-0.2, -0.15) is 0 Å². The fourth-order valence-corrected chi connectivity index (χ4v) is 2.36. The molecule has 0 fully saturated rings. The van der Waals surface area contributed by atoms with E-state index in [0.29, 0.717) is 24.3 Å². The van der Waals surface area contributed by atoms with Gasteiger partial charge in [0, 0.05) is 18.8 Å². The maximum absolute atomic E-state index is 12.7. The lowest BCUT2D eigenvalue weighted by Gasteiger charge is -2.23. The largest absolute Gasteiger partial charge is 0.398 e. The van der Waals surface area contributed by atoms with Crippen molar-refractivity contribution in [1.29, 1.82) is 0 Å². The van der Waals surface area contributed by atoms with Crippen molar-refractivity contribution in [3.63, 3.8) is 0 Å². The van der Waals surface area contributed by atoms with Gasteiger partial charge in [0.05, 0.1) is 5.56 Å². The van der Waals surface area contributed by atoms with Crippen molar-refractivity contribution < 1.29 is 4.79 Å². The molecule has 0 aliphatic carbocycles. The molecule has 1 amide bonds. The van der Waals surface area contributed by atoms with Crippen molar-refractivity contribution in [3.05, 3.63) is 64.7 Å². The molecule has 2 N–H and O–H groups in total. The average Bonchev–Trinajstić information content (AvgIpc) is 2.48. The Morgan fingerprint density at radius 3 is 2.38 bits per heavy atom. The maximum atomic E-state index is 12.7. The van der Waals surface area contributed by atoms with Crippen molar-refractivity contribution in [1.82, 2.24) is 4.90 Å². The summed E-state index contributed by atoms with van der Waals surface area (Å²) in [6.45, 7) is 7.23. The third-order valence-electron chi connectivity index (χ3n) is 3.85. The van der Waals surface area contributed by atoms with Crippen molar-refractivity contribution in [2.45, 2.75) is 27.3 Å². The van der Waals surface area contributed by atoms with E-state index < -0.39 is 0 Å². The molecule has 2 aromatic rings. The normalized spacial score (nSPS) is 10.4. The number of benzene rings is 2. The molecule has 0 heterocycles. The van der Waals surface area contributed by atoms with Crippen LogP contribution in [0, 0.1) is 13.8 Å². The Labute approximate surface area is 126 Å². The van der Waals surface area contributed by atoms with Crippen molar-refractivity contribution in [2.75, 3.05) is 12.3 Å². The van der Waals surface area contributed by atoms with E-state index in [0.717, 1.165) is 5.56 Å². The predicted octanol–water partition coefficient (Wildman–Crippen LogP) is 3.55. The summed E-state index contributed by atoms with van der Waals surface area (Å²) in [6, 6.07) is 13.7. The topological polar surface area (TPSA) is 46.3 Å². The van der Waals surface area contributed by atoms with Crippen LogP contribution >= 0.6 is 0 Å². The molecule has 2 aromatic carbocycles. The average molecular weight is 282 g/mol. The highest BCUT2D eigenvalue weighted by atomic mass is 16.2. The standard InChI is InChI=1S/C18H22N2O/c1-4-20(12-15-10-6-5-8-13(15)2)18(21)16-11-7-9-14(3)17(16)19/h5-11H,4,12,19H2,1-3H3. The molecule has 0 radical (unpaired) electrons. The van der Waals surface area contributed by atoms with Crippen molar-refractivity contribution in [2.24, 2.45) is 0 Å². The van der Waals surface area contributed by atoms with E-state index in [2.05, 4.69) is 19.1 Å². The van der Waals surface area contributed by atoms with E-state index in [-0.39, 0.29) is 5.91 Å². The summed E-state index contributed by atoms with van der Waals surface area (Å²) >= 11 is 0. The number of carbonyl (C=O) groups excluding carboxylic acids is 1. The fraction of sp³-hybridized carbons (Fsp3) is 0.278. The lowest BCUT2D eigenvalue weighted by molar-refractivity contribution is 0.0753. The van der Waals surface area contributed by atoms with Gasteiger partial charge in [0.2, 0.25) is 0 Å². The lowest BCUT2D eigenvalue weighted by atomic mass is 10.1. The second-order valence-corrected chi connectivity index (χ2v) is 5.28. The highest BCUT2D eigenvalue weighted by molar-refractivity contribution is 5.99. The number of hydrogen-bond acceptors (Lipinski definition) is 2. The summed E-state index contributed by atoms with van der Waals surface area (Å²) in [4.78, 5) is 14.5. The first-order valence-electron chi connectivity index (χ1n) is 7.23. The number of amides is 1. The number of rotatable bonds is 4. The summed E-state index contributed by atoms with van der Waals surface area (Å²) in [5.41, 5.74) is 10.5. The van der Waals surface area contributed by atoms with Crippen LogP contribution in [-0.2, 0) is 6.54 Å². The second kappa shape index (κ2) is 6.44. The summed E-state index contributed by atoms with van der Waals surface area (Å²) in [5, 5.41) is 0. The molecule has 3 nitrogen and oxygen atoms in total. The summed E-state index contributed by atoms with van der Waals surface area (Å²) < 4.78 is 0. The van der Waals surface area contributed by atoms with Gasteiger partial charge in [-0.05, 0) is 43.5 Å². The molecule has 2 rings (SSSR count). The maximum Gasteiger partial charge on any atom is 0.256 e. The second-order valence-electron chi connectivity index (χ2n) is 5.28. The molecule has 0 saturated carbocycles. The van der Waals surface area contributed by atoms with E-state index in [1.54, 1.807) is 6.07 Å². The smallest absolute Gasteiger partial charge is 0.256 e. The highest BCUT2D eigenvalue weighted by Crippen LogP contribution is 2.20. The van der Waals surface area contributed by atoms with Crippen LogP contribution in [0.25, 0.3) is 0 Å². The van der Waals surface area contributed by atoms with E-state index in [9.17, 15) is 4.79 Å². The van der Waals surface area contributed by atoms with Gasteiger partial charge in [0.25, 0.3) is 5.91 Å². The first-order valence-corrected chi connectivity index (χ1v) is 7.23. The van der Waals surface area contributed by atoms with Crippen LogP contribution in [0.3, 0.4) is 0 Å². The first-order chi connectivity index (χ1) is 10.0. The third kappa shape index (κ3) is 3.24.